The third-order valence-electron chi connectivity index (χ3n) is 5.60. The Balaban J connectivity index is 1.73. The molecule has 1 aromatic carbocycles. The summed E-state index contributed by atoms with van der Waals surface area (Å²) in [5, 5.41) is 0. The molecule has 28 heavy (non-hydrogen) atoms. The smallest absolute Gasteiger partial charge is 0.315 e. The molecule has 0 bridgehead atoms. The van der Waals surface area contributed by atoms with Crippen molar-refractivity contribution in [3.8, 4) is 0 Å². The van der Waals surface area contributed by atoms with Gasteiger partial charge in [0.25, 0.3) is 0 Å². The van der Waals surface area contributed by atoms with E-state index < -0.39 is 23.8 Å². The summed E-state index contributed by atoms with van der Waals surface area (Å²) in [4.78, 5) is 12.2. The van der Waals surface area contributed by atoms with Gasteiger partial charge < -0.3 is 23.7 Å². The van der Waals surface area contributed by atoms with Gasteiger partial charge in [-0.2, -0.15) is 0 Å². The second kappa shape index (κ2) is 9.18. The van der Waals surface area contributed by atoms with E-state index >= 15 is 0 Å². The average molecular weight is 390 g/mol. The van der Waals surface area contributed by atoms with Gasteiger partial charge in [0.2, 0.25) is 0 Å². The molecule has 0 saturated carbocycles. The minimum Gasteiger partial charge on any atom is -0.468 e. The van der Waals surface area contributed by atoms with Crippen molar-refractivity contribution in [1.82, 2.24) is 0 Å². The lowest BCUT2D eigenvalue weighted by molar-refractivity contribution is -0.220. The van der Waals surface area contributed by atoms with Crippen LogP contribution < -0.4 is 0 Å². The molecule has 6 heteroatoms. The molecule has 0 aliphatic carbocycles. The van der Waals surface area contributed by atoms with Crippen LogP contribution in [0.4, 0.5) is 0 Å². The van der Waals surface area contributed by atoms with Gasteiger partial charge in [-0.1, -0.05) is 50.3 Å². The van der Waals surface area contributed by atoms with Crippen LogP contribution in [-0.2, 0) is 35.1 Å². The summed E-state index contributed by atoms with van der Waals surface area (Å²) in [7, 11) is 1.36. The van der Waals surface area contributed by atoms with Gasteiger partial charge in [0.1, 0.15) is 30.3 Å². The van der Waals surface area contributed by atoms with Crippen LogP contribution in [-0.4, -0.2) is 49.9 Å². The molecule has 2 saturated heterocycles. The molecule has 0 amide bonds. The third kappa shape index (κ3) is 4.15. The summed E-state index contributed by atoms with van der Waals surface area (Å²) in [6.07, 6.45) is 1.49. The highest BCUT2D eigenvalue weighted by atomic mass is 16.8. The van der Waals surface area contributed by atoms with Gasteiger partial charge in [-0.15, -0.1) is 6.58 Å². The fraction of sp³-hybridized carbons (Fsp3) is 0.591. The van der Waals surface area contributed by atoms with E-state index in [2.05, 4.69) is 6.58 Å². The predicted molar refractivity (Wildman–Crippen MR) is 104 cm³/mol. The maximum absolute atomic E-state index is 12.2. The summed E-state index contributed by atoms with van der Waals surface area (Å²) in [5.41, 5.74) is 1.09. The second-order valence-corrected chi connectivity index (χ2v) is 7.21. The van der Waals surface area contributed by atoms with Gasteiger partial charge in [-0.05, 0) is 18.4 Å². The Morgan fingerprint density at radius 2 is 1.89 bits per heavy atom. The molecule has 1 aromatic rings. The first-order valence-corrected chi connectivity index (χ1v) is 9.90. The molecule has 3 rings (SSSR count). The number of hydrogen-bond donors (Lipinski definition) is 0. The van der Waals surface area contributed by atoms with E-state index in [1.807, 2.05) is 44.2 Å². The molecule has 0 N–H and O–H groups in total. The minimum atomic E-state index is -0.656. The van der Waals surface area contributed by atoms with Crippen LogP contribution in [0.25, 0.3) is 0 Å². The van der Waals surface area contributed by atoms with Crippen molar-refractivity contribution in [2.75, 3.05) is 13.7 Å². The van der Waals surface area contributed by atoms with Crippen LogP contribution in [0.5, 0.6) is 0 Å². The second-order valence-electron chi connectivity index (χ2n) is 7.21. The zero-order valence-electron chi connectivity index (χ0n) is 16.8. The number of esters is 1. The van der Waals surface area contributed by atoms with Crippen LogP contribution in [0.2, 0.25) is 0 Å². The van der Waals surface area contributed by atoms with Crippen LogP contribution in [0.3, 0.4) is 0 Å². The summed E-state index contributed by atoms with van der Waals surface area (Å²) in [6, 6.07) is 9.96. The number of carbonyl (C=O) groups excluding carboxylic acids is 1. The number of carbonyl (C=O) groups is 1. The number of ether oxygens (including phenoxy) is 5. The molecule has 2 aliphatic heterocycles. The lowest BCUT2D eigenvalue weighted by atomic mass is 9.96. The van der Waals surface area contributed by atoms with Crippen LogP contribution in [0.1, 0.15) is 32.3 Å². The summed E-state index contributed by atoms with van der Waals surface area (Å²) in [5.74, 6) is -1.67. The monoisotopic (exact) mass is 390 g/mol. The molecular formula is C22H30O6. The molecule has 5 atom stereocenters. The molecule has 1 unspecified atom stereocenters. The van der Waals surface area contributed by atoms with Gasteiger partial charge in [0.15, 0.2) is 5.79 Å². The Hall–Kier alpha value is -1.73. The van der Waals surface area contributed by atoms with Crippen molar-refractivity contribution in [3.05, 3.63) is 48.6 Å². The maximum atomic E-state index is 12.2. The molecular weight excluding hydrogens is 360 g/mol. The van der Waals surface area contributed by atoms with E-state index in [0.717, 1.165) is 18.4 Å². The van der Waals surface area contributed by atoms with Gasteiger partial charge in [0.05, 0.1) is 20.3 Å². The van der Waals surface area contributed by atoms with Crippen LogP contribution >= 0.6 is 0 Å². The van der Waals surface area contributed by atoms with Crippen LogP contribution in [0.15, 0.2) is 43.0 Å². The Morgan fingerprint density at radius 3 is 2.50 bits per heavy atom. The molecule has 154 valence electrons. The van der Waals surface area contributed by atoms with Gasteiger partial charge in [-0.3, -0.25) is 4.79 Å². The Morgan fingerprint density at radius 1 is 1.21 bits per heavy atom. The van der Waals surface area contributed by atoms with E-state index in [0.29, 0.717) is 13.2 Å². The maximum Gasteiger partial charge on any atom is 0.315 e. The lowest BCUT2D eigenvalue weighted by Crippen LogP contribution is -2.39. The summed E-state index contributed by atoms with van der Waals surface area (Å²) < 4.78 is 29.6. The molecule has 0 spiro atoms. The van der Waals surface area contributed by atoms with Gasteiger partial charge in [0, 0.05) is 0 Å². The molecule has 2 heterocycles. The van der Waals surface area contributed by atoms with E-state index in [1.54, 1.807) is 6.08 Å². The van der Waals surface area contributed by atoms with Gasteiger partial charge >= 0.3 is 5.97 Å². The average Bonchev–Trinajstić information content (AvgIpc) is 3.27. The quantitative estimate of drug-likeness (QED) is 0.476. The predicted octanol–water partition coefficient (Wildman–Crippen LogP) is 3.25. The number of rotatable bonds is 9. The third-order valence-corrected chi connectivity index (χ3v) is 5.60. The normalized spacial score (nSPS) is 29.2. The number of hydrogen-bond acceptors (Lipinski definition) is 6. The van der Waals surface area contributed by atoms with Crippen molar-refractivity contribution >= 4 is 5.97 Å². The largest absolute Gasteiger partial charge is 0.468 e. The van der Waals surface area contributed by atoms with E-state index in [1.165, 1.54) is 7.11 Å². The fourth-order valence-electron chi connectivity index (χ4n) is 3.93. The van der Waals surface area contributed by atoms with Crippen molar-refractivity contribution < 1.29 is 28.5 Å². The first-order chi connectivity index (χ1) is 13.6. The first-order valence-electron chi connectivity index (χ1n) is 9.90. The van der Waals surface area contributed by atoms with Crippen molar-refractivity contribution in [2.24, 2.45) is 5.92 Å². The Kier molecular flexibility index (Phi) is 6.88. The lowest BCUT2D eigenvalue weighted by Gasteiger charge is -2.30. The van der Waals surface area contributed by atoms with E-state index in [4.69, 9.17) is 23.7 Å². The molecule has 2 fully saturated rings. The first kappa shape index (κ1) is 21.0. The summed E-state index contributed by atoms with van der Waals surface area (Å²) >= 11 is 0. The van der Waals surface area contributed by atoms with Crippen molar-refractivity contribution in [3.63, 3.8) is 0 Å². The Bertz CT molecular complexity index is 656. The zero-order valence-corrected chi connectivity index (χ0v) is 16.8. The topological polar surface area (TPSA) is 63.2 Å². The SMILES string of the molecule is C=CC(C(=O)OC)[C@@H]1O[C@H](COCc2ccccc2)[C@H]2OC(CC)(CC)O[C@H]21. The number of fused-ring (bicyclic) bond motifs is 1. The van der Waals surface area contributed by atoms with Crippen molar-refractivity contribution in [1.29, 1.82) is 0 Å². The van der Waals surface area contributed by atoms with Crippen LogP contribution in [0, 0.1) is 5.92 Å². The zero-order chi connectivity index (χ0) is 20.1. The molecule has 2 aliphatic rings. The number of benzene rings is 1. The fourth-order valence-corrected chi connectivity index (χ4v) is 3.93. The van der Waals surface area contributed by atoms with Crippen molar-refractivity contribution in [2.45, 2.75) is 63.5 Å². The molecule has 0 radical (unpaired) electrons. The number of methoxy groups -OCH3 is 1. The highest BCUT2D eigenvalue weighted by Gasteiger charge is 2.59. The molecule has 0 aromatic heterocycles. The highest BCUT2D eigenvalue weighted by molar-refractivity contribution is 5.75. The van der Waals surface area contributed by atoms with E-state index in [-0.39, 0.29) is 18.3 Å². The highest BCUT2D eigenvalue weighted by Crippen LogP contribution is 2.44. The standard InChI is InChI=1S/C22H30O6/c1-5-16(21(23)24-4)18-20-19(27-22(6-2,7-3)28-20)17(26-18)14-25-13-15-11-9-8-10-12-15/h5,8-12,16-20H,1,6-7,13-14H2,2-4H3/t16?,17-,18+,19-,20+/m1/s1. The summed E-state index contributed by atoms with van der Waals surface area (Å²) in [6.45, 7) is 8.69. The van der Waals surface area contributed by atoms with Gasteiger partial charge in [-0.25, -0.2) is 0 Å². The Labute approximate surface area is 166 Å². The minimum absolute atomic E-state index is 0.298. The molecule has 6 nitrogen and oxygen atoms in total. The van der Waals surface area contributed by atoms with E-state index in [9.17, 15) is 4.79 Å².